The van der Waals surface area contributed by atoms with Crippen molar-refractivity contribution in [2.75, 3.05) is 7.11 Å². The van der Waals surface area contributed by atoms with E-state index in [9.17, 15) is 14.3 Å². The van der Waals surface area contributed by atoms with Gasteiger partial charge in [0.05, 0.1) is 23.4 Å². The van der Waals surface area contributed by atoms with Gasteiger partial charge in [0.1, 0.15) is 17.1 Å². The first-order chi connectivity index (χ1) is 8.56. The number of phenols is 1. The third-order valence-corrected chi connectivity index (χ3v) is 2.95. The first kappa shape index (κ1) is 12.6. The molecule has 1 heterocycles. The Morgan fingerprint density at radius 2 is 2.28 bits per heavy atom. The van der Waals surface area contributed by atoms with Crippen LogP contribution in [0.4, 0.5) is 4.39 Å². The largest absolute Gasteiger partial charge is 0.506 e. The molecule has 0 bridgehead atoms. The van der Waals surface area contributed by atoms with Crippen molar-refractivity contribution in [3.63, 3.8) is 0 Å². The normalized spacial score (nSPS) is 10.4. The SMILES string of the molecule is COC(=O)c1c(O)c(-c2ccco2)cc(Br)c1F. The highest BCUT2D eigenvalue weighted by Gasteiger charge is 2.24. The number of hydrogen-bond donors (Lipinski definition) is 1. The monoisotopic (exact) mass is 314 g/mol. The van der Waals surface area contributed by atoms with Crippen LogP contribution in [0.25, 0.3) is 11.3 Å². The van der Waals surface area contributed by atoms with Crippen LogP contribution in [0.5, 0.6) is 5.75 Å². The summed E-state index contributed by atoms with van der Waals surface area (Å²) in [5.41, 5.74) is -0.327. The van der Waals surface area contributed by atoms with Crippen LogP contribution in [-0.4, -0.2) is 18.2 Å². The molecule has 1 N–H and O–H groups in total. The third-order valence-electron chi connectivity index (χ3n) is 2.37. The molecule has 0 aliphatic heterocycles. The maximum atomic E-state index is 13.8. The van der Waals surface area contributed by atoms with Crippen LogP contribution in [0.3, 0.4) is 0 Å². The summed E-state index contributed by atoms with van der Waals surface area (Å²) in [7, 11) is 1.11. The van der Waals surface area contributed by atoms with E-state index in [-0.39, 0.29) is 10.0 Å². The number of phenolic OH excluding ortho intramolecular Hbond substituents is 1. The Hall–Kier alpha value is -1.82. The smallest absolute Gasteiger partial charge is 0.344 e. The summed E-state index contributed by atoms with van der Waals surface area (Å²) in [6, 6.07) is 4.53. The van der Waals surface area contributed by atoms with Gasteiger partial charge < -0.3 is 14.3 Å². The molecule has 1 aromatic carbocycles. The predicted molar refractivity (Wildman–Crippen MR) is 64.8 cm³/mol. The lowest BCUT2D eigenvalue weighted by atomic mass is 10.1. The fourth-order valence-corrected chi connectivity index (χ4v) is 1.95. The van der Waals surface area contributed by atoms with Gasteiger partial charge in [0.2, 0.25) is 0 Å². The van der Waals surface area contributed by atoms with Gasteiger partial charge in [0.25, 0.3) is 0 Å². The standard InChI is InChI=1S/C12H8BrFO4/c1-17-12(16)9-10(14)7(13)5-6(11(9)15)8-3-2-4-18-8/h2-5,15H,1H3. The van der Waals surface area contributed by atoms with Crippen LogP contribution in [0, 0.1) is 5.82 Å². The van der Waals surface area contributed by atoms with E-state index in [0.29, 0.717) is 5.76 Å². The fraction of sp³-hybridized carbons (Fsp3) is 0.0833. The number of esters is 1. The van der Waals surface area contributed by atoms with Gasteiger partial charge >= 0.3 is 5.97 Å². The van der Waals surface area contributed by atoms with Crippen molar-refractivity contribution in [1.29, 1.82) is 0 Å². The predicted octanol–water partition coefficient (Wildman–Crippen LogP) is 3.34. The average molecular weight is 315 g/mol. The summed E-state index contributed by atoms with van der Waals surface area (Å²) in [5, 5.41) is 9.95. The summed E-state index contributed by atoms with van der Waals surface area (Å²) < 4.78 is 23.4. The molecule has 0 fully saturated rings. The highest BCUT2D eigenvalue weighted by molar-refractivity contribution is 9.10. The first-order valence-corrected chi connectivity index (χ1v) is 5.68. The zero-order valence-electron chi connectivity index (χ0n) is 9.24. The van der Waals surface area contributed by atoms with Crippen LogP contribution < -0.4 is 0 Å². The second-order valence-corrected chi connectivity index (χ2v) is 4.27. The van der Waals surface area contributed by atoms with E-state index >= 15 is 0 Å². The Morgan fingerprint density at radius 1 is 1.56 bits per heavy atom. The van der Waals surface area contributed by atoms with Gasteiger partial charge in [-0.15, -0.1) is 0 Å². The molecular weight excluding hydrogens is 307 g/mol. The lowest BCUT2D eigenvalue weighted by molar-refractivity contribution is 0.0592. The Labute approximate surface area is 110 Å². The van der Waals surface area contributed by atoms with E-state index in [0.717, 1.165) is 7.11 Å². The number of ether oxygens (including phenoxy) is 1. The minimum atomic E-state index is -0.959. The van der Waals surface area contributed by atoms with Gasteiger partial charge in [0, 0.05) is 0 Å². The maximum Gasteiger partial charge on any atom is 0.344 e. The number of aromatic hydroxyl groups is 1. The molecule has 6 heteroatoms. The molecule has 0 saturated heterocycles. The van der Waals surface area contributed by atoms with Gasteiger partial charge in [-0.2, -0.15) is 0 Å². The molecule has 0 amide bonds. The molecule has 4 nitrogen and oxygen atoms in total. The summed E-state index contributed by atoms with van der Waals surface area (Å²) in [6.07, 6.45) is 1.41. The van der Waals surface area contributed by atoms with E-state index in [1.807, 2.05) is 0 Å². The molecule has 0 aliphatic rings. The molecular formula is C12H8BrFO4. The molecule has 0 spiro atoms. The van der Waals surface area contributed by atoms with Crippen molar-refractivity contribution in [2.45, 2.75) is 0 Å². The Balaban J connectivity index is 2.71. The van der Waals surface area contributed by atoms with Crippen molar-refractivity contribution < 1.29 is 23.4 Å². The minimum absolute atomic E-state index is 0.0344. The van der Waals surface area contributed by atoms with E-state index in [4.69, 9.17) is 4.42 Å². The van der Waals surface area contributed by atoms with Gasteiger partial charge in [-0.3, -0.25) is 0 Å². The number of furan rings is 1. The van der Waals surface area contributed by atoms with Crippen molar-refractivity contribution in [3.8, 4) is 17.1 Å². The van der Waals surface area contributed by atoms with Crippen molar-refractivity contribution in [2.24, 2.45) is 0 Å². The number of halogens is 2. The minimum Gasteiger partial charge on any atom is -0.506 e. The van der Waals surface area contributed by atoms with Gasteiger partial charge in [-0.25, -0.2) is 9.18 Å². The summed E-state index contributed by atoms with van der Waals surface area (Å²) >= 11 is 2.98. The highest BCUT2D eigenvalue weighted by atomic mass is 79.9. The van der Waals surface area contributed by atoms with Crippen LogP contribution >= 0.6 is 15.9 Å². The van der Waals surface area contributed by atoms with E-state index in [1.165, 1.54) is 12.3 Å². The van der Waals surface area contributed by atoms with Crippen molar-refractivity contribution >= 4 is 21.9 Å². The second-order valence-electron chi connectivity index (χ2n) is 3.41. The molecule has 18 heavy (non-hydrogen) atoms. The molecule has 0 unspecified atom stereocenters. The van der Waals surface area contributed by atoms with Crippen LogP contribution in [0.2, 0.25) is 0 Å². The number of carbonyl (C=O) groups excluding carboxylic acids is 1. The van der Waals surface area contributed by atoms with E-state index in [1.54, 1.807) is 12.1 Å². The van der Waals surface area contributed by atoms with Gasteiger partial charge in [0.15, 0.2) is 5.82 Å². The molecule has 0 saturated carbocycles. The number of rotatable bonds is 2. The second kappa shape index (κ2) is 4.81. The van der Waals surface area contributed by atoms with Crippen molar-refractivity contribution in [3.05, 3.63) is 40.3 Å². The Bertz CT molecular complexity index is 593. The quantitative estimate of drug-likeness (QED) is 0.864. The molecule has 94 valence electrons. The zero-order chi connectivity index (χ0) is 13.3. The van der Waals surface area contributed by atoms with Crippen LogP contribution in [-0.2, 0) is 4.74 Å². The van der Waals surface area contributed by atoms with E-state index in [2.05, 4.69) is 20.7 Å². The number of benzene rings is 1. The van der Waals surface area contributed by atoms with Crippen LogP contribution in [0.15, 0.2) is 33.4 Å². The van der Waals surface area contributed by atoms with Gasteiger partial charge in [-0.1, -0.05) is 0 Å². The highest BCUT2D eigenvalue weighted by Crippen LogP contribution is 2.38. The molecule has 0 atom stereocenters. The third kappa shape index (κ3) is 1.99. The topological polar surface area (TPSA) is 59.7 Å². The molecule has 2 rings (SSSR count). The maximum absolute atomic E-state index is 13.8. The lowest BCUT2D eigenvalue weighted by Gasteiger charge is -2.09. The first-order valence-electron chi connectivity index (χ1n) is 4.89. The van der Waals surface area contributed by atoms with Crippen LogP contribution in [0.1, 0.15) is 10.4 Å². The average Bonchev–Trinajstić information content (AvgIpc) is 2.87. The Morgan fingerprint density at radius 3 is 2.83 bits per heavy atom. The fourth-order valence-electron chi connectivity index (χ4n) is 1.52. The van der Waals surface area contributed by atoms with Gasteiger partial charge in [-0.05, 0) is 34.1 Å². The number of methoxy groups -OCH3 is 1. The lowest BCUT2D eigenvalue weighted by Crippen LogP contribution is -2.06. The number of hydrogen-bond acceptors (Lipinski definition) is 4. The summed E-state index contributed by atoms with van der Waals surface area (Å²) in [6.45, 7) is 0. The summed E-state index contributed by atoms with van der Waals surface area (Å²) in [4.78, 5) is 11.5. The zero-order valence-corrected chi connectivity index (χ0v) is 10.8. The van der Waals surface area contributed by atoms with E-state index < -0.39 is 23.1 Å². The summed E-state index contributed by atoms with van der Waals surface area (Å²) in [5.74, 6) is -2.04. The molecule has 0 radical (unpaired) electrons. The molecule has 0 aliphatic carbocycles. The number of carbonyl (C=O) groups is 1. The Kier molecular flexibility index (Phi) is 3.38. The molecule has 2 aromatic rings. The molecule has 1 aromatic heterocycles. The van der Waals surface area contributed by atoms with Crippen molar-refractivity contribution in [1.82, 2.24) is 0 Å².